The molecule has 0 N–H and O–H groups in total. The van der Waals surface area contributed by atoms with Gasteiger partial charge in [0.05, 0.1) is 0 Å². The van der Waals surface area contributed by atoms with Crippen molar-refractivity contribution in [2.45, 2.75) is 53.9 Å². The van der Waals surface area contributed by atoms with Crippen LogP contribution in [0.3, 0.4) is 0 Å². The second-order valence-electron chi connectivity index (χ2n) is 19.1. The molecule has 0 amide bonds. The average Bonchev–Trinajstić information content (AvgIpc) is 4.03. The molecule has 0 bridgehead atoms. The van der Waals surface area contributed by atoms with Gasteiger partial charge < -0.3 is 24.8 Å². The minimum absolute atomic E-state index is 0. The number of fused-ring (bicyclic) bond motifs is 4. The number of rotatable bonds is 4. The SMILES string of the molecule is C[Si](C)=[Zr+2].C[Si](C)=[Zr+2].Cc1[c-]c2ccccc(-c3ccccc3)c-2c1.Cc1[c-]c2ccccc(-c3ccccc3)c-2c1.Cc1[c-]c2ccccc(-c3ccccc3)c-2c1.Cc1[c-]c2ccccc(-c3ccccc3)c-2c1.[Cl-].[Cl-]. The summed E-state index contributed by atoms with van der Waals surface area (Å²) in [7, 11) is 0. The van der Waals surface area contributed by atoms with E-state index < -0.39 is 0 Å². The molecule has 0 aromatic heterocycles. The quantitative estimate of drug-likeness (QED) is 0.122. The minimum atomic E-state index is 0. The maximum absolute atomic E-state index is 3.39. The Labute approximate surface area is 509 Å². The van der Waals surface area contributed by atoms with Crippen molar-refractivity contribution < 1.29 is 71.5 Å². The fourth-order valence-electron chi connectivity index (χ4n) is 8.91. The maximum atomic E-state index is 3.39. The van der Waals surface area contributed by atoms with Crippen LogP contribution < -0.4 is 24.8 Å². The Kier molecular flexibility index (Phi) is 26.4. The zero-order chi connectivity index (χ0) is 53.8. The van der Waals surface area contributed by atoms with E-state index in [-0.39, 0.29) is 35.7 Å². The molecule has 8 aliphatic rings. The maximum Gasteiger partial charge on any atom is -0.0279 e. The molecule has 0 saturated carbocycles. The van der Waals surface area contributed by atoms with Gasteiger partial charge in [-0.2, -0.15) is 46.5 Å². The van der Waals surface area contributed by atoms with E-state index in [1.54, 1.807) is 46.7 Å². The van der Waals surface area contributed by atoms with Crippen LogP contribution in [-0.2, 0) is 46.7 Å². The molecule has 0 saturated heterocycles. The van der Waals surface area contributed by atoms with Crippen LogP contribution in [0.15, 0.2) is 243 Å². The van der Waals surface area contributed by atoms with Crippen molar-refractivity contribution in [3.05, 3.63) is 289 Å². The van der Waals surface area contributed by atoms with Gasteiger partial charge >= 0.3 is 83.7 Å². The van der Waals surface area contributed by atoms with Crippen LogP contribution in [0.1, 0.15) is 22.3 Å². The van der Waals surface area contributed by atoms with Crippen LogP contribution in [0.4, 0.5) is 0 Å². The van der Waals surface area contributed by atoms with Crippen LogP contribution in [0.5, 0.6) is 0 Å². The van der Waals surface area contributed by atoms with Crippen molar-refractivity contribution in [3.8, 4) is 89.0 Å². The van der Waals surface area contributed by atoms with Crippen LogP contribution in [0.25, 0.3) is 89.0 Å². The molecule has 384 valence electrons. The van der Waals surface area contributed by atoms with E-state index in [0.29, 0.717) is 0 Å². The summed E-state index contributed by atoms with van der Waals surface area (Å²) >= 11 is 3.48. The molecule has 8 aliphatic carbocycles. The monoisotopic (exact) mass is 1230 g/mol. The first-order valence-corrected chi connectivity index (χ1v) is 38.1. The molecule has 0 atom stereocenters. The summed E-state index contributed by atoms with van der Waals surface area (Å²) in [5, 5.41) is 0. The first-order valence-electron chi connectivity index (χ1n) is 25.8. The van der Waals surface area contributed by atoms with Gasteiger partial charge in [-0.3, -0.25) is 0 Å². The van der Waals surface area contributed by atoms with E-state index in [2.05, 4.69) is 297 Å². The molecule has 78 heavy (non-hydrogen) atoms. The molecule has 0 radical (unpaired) electrons. The summed E-state index contributed by atoms with van der Waals surface area (Å²) in [6, 6.07) is 98.2. The van der Waals surface area contributed by atoms with E-state index in [9.17, 15) is 0 Å². The molecule has 0 unspecified atom stereocenters. The smallest absolute Gasteiger partial charge is 0.0279 e. The number of benzene rings is 4. The van der Waals surface area contributed by atoms with Crippen molar-refractivity contribution in [1.82, 2.24) is 0 Å². The Morgan fingerprint density at radius 1 is 0.244 bits per heavy atom. The molecule has 12 rings (SSSR count). The molecule has 6 heteroatoms. The van der Waals surface area contributed by atoms with Gasteiger partial charge in [0.1, 0.15) is 0 Å². The van der Waals surface area contributed by atoms with E-state index >= 15 is 0 Å². The molecule has 0 fully saturated rings. The summed E-state index contributed by atoms with van der Waals surface area (Å²) in [6.45, 7) is 17.6. The minimum Gasteiger partial charge on any atom is -1.00 e. The summed E-state index contributed by atoms with van der Waals surface area (Å²) in [6.07, 6.45) is 0. The molecular formula is C72H64Cl2Si2Zr2-2. The topological polar surface area (TPSA) is 0 Å². The number of hydrogen-bond donors (Lipinski definition) is 0. The predicted molar refractivity (Wildman–Crippen MR) is 323 cm³/mol. The van der Waals surface area contributed by atoms with Gasteiger partial charge in [-0.15, -0.1) is 117 Å². The largest absolute Gasteiger partial charge is 1.00 e. The van der Waals surface area contributed by atoms with Crippen LogP contribution >= 0.6 is 0 Å². The Balaban J connectivity index is 0.000000181. The van der Waals surface area contributed by atoms with Gasteiger partial charge in [0.25, 0.3) is 0 Å². The Morgan fingerprint density at radius 2 is 0.397 bits per heavy atom. The molecule has 0 aliphatic heterocycles. The zero-order valence-corrected chi connectivity index (χ0v) is 54.3. The fourth-order valence-corrected chi connectivity index (χ4v) is 8.91. The Morgan fingerprint density at radius 3 is 0.577 bits per heavy atom. The molecule has 4 aromatic rings. The van der Waals surface area contributed by atoms with Crippen molar-refractivity contribution >= 4 is 10.9 Å². The predicted octanol–water partition coefficient (Wildman–Crippen LogP) is 13.8. The van der Waals surface area contributed by atoms with E-state index in [0.717, 1.165) is 0 Å². The molecule has 0 heterocycles. The van der Waals surface area contributed by atoms with Crippen LogP contribution in [0.2, 0.25) is 26.2 Å². The molecule has 4 aromatic carbocycles. The normalized spacial score (nSPS) is 10.0. The summed E-state index contributed by atoms with van der Waals surface area (Å²) in [4.78, 5) is 0. The molecular weight excluding hydrogens is 1170 g/mol. The third-order valence-corrected chi connectivity index (χ3v) is 12.0. The van der Waals surface area contributed by atoms with Gasteiger partial charge in [0.15, 0.2) is 0 Å². The van der Waals surface area contributed by atoms with E-state index in [1.807, 2.05) is 24.3 Å². The zero-order valence-electron chi connectivity index (χ0n) is 45.8. The standard InChI is InChI=1S/4C17H13.2C2H6Si.2ClH.2Zr/c4*1-13-11-15-9-5-6-10-16(17(15)12-13)14-7-3-2-4-8-14;2*1-3-2;;;;/h4*2-10,12H,1H3;2*1-2H3;2*1H;;/q4*-1;;;;;2*+2/p-2. The molecule has 0 nitrogen and oxygen atoms in total. The van der Waals surface area contributed by atoms with Gasteiger partial charge in [0.2, 0.25) is 0 Å². The first-order chi connectivity index (χ1) is 36.8. The number of aryl methyl sites for hydroxylation is 4. The van der Waals surface area contributed by atoms with Gasteiger partial charge in [0, 0.05) is 0 Å². The van der Waals surface area contributed by atoms with Gasteiger partial charge in [-0.05, 0) is 22.3 Å². The second kappa shape index (κ2) is 32.5. The average molecular weight is 1240 g/mol. The second-order valence-corrected chi connectivity index (χ2v) is 37.9. The van der Waals surface area contributed by atoms with E-state index in [4.69, 9.17) is 0 Å². The fraction of sp³-hybridized carbons (Fsp3) is 0.111. The number of hydrogen-bond acceptors (Lipinski definition) is 0. The van der Waals surface area contributed by atoms with Crippen LogP contribution in [0, 0.1) is 52.0 Å². The summed E-state index contributed by atoms with van der Waals surface area (Å²) in [5.41, 5.74) is 25.2. The van der Waals surface area contributed by atoms with E-state index in [1.165, 1.54) is 111 Å². The summed E-state index contributed by atoms with van der Waals surface area (Å²) < 4.78 is 0. The molecule has 0 spiro atoms. The first kappa shape index (κ1) is 63.3. The van der Waals surface area contributed by atoms with Crippen molar-refractivity contribution in [1.29, 1.82) is 0 Å². The summed E-state index contributed by atoms with van der Waals surface area (Å²) in [5.74, 6) is 0. The van der Waals surface area contributed by atoms with Crippen molar-refractivity contribution in [2.75, 3.05) is 0 Å². The third-order valence-electron chi connectivity index (χ3n) is 12.0. The van der Waals surface area contributed by atoms with Gasteiger partial charge in [-0.25, -0.2) is 0 Å². The Bertz CT molecular complexity index is 3120. The Hall–Kier alpha value is -5.54. The third kappa shape index (κ3) is 18.8. The van der Waals surface area contributed by atoms with Crippen molar-refractivity contribution in [3.63, 3.8) is 0 Å². The van der Waals surface area contributed by atoms with Crippen LogP contribution in [-0.4, -0.2) is 10.9 Å². The van der Waals surface area contributed by atoms with Gasteiger partial charge in [-0.1, -0.05) is 220 Å². The number of halogens is 2. The van der Waals surface area contributed by atoms with Crippen molar-refractivity contribution in [2.24, 2.45) is 0 Å².